The number of fused-ring (bicyclic) bond motifs is 1. The van der Waals surface area contributed by atoms with Gasteiger partial charge in [0.05, 0.1) is 33.0 Å². The van der Waals surface area contributed by atoms with Gasteiger partial charge >= 0.3 is 0 Å². The van der Waals surface area contributed by atoms with Gasteiger partial charge in [-0.15, -0.1) is 0 Å². The lowest BCUT2D eigenvalue weighted by atomic mass is 10.1. The number of amides is 1. The number of hydrazone groups is 1. The van der Waals surface area contributed by atoms with Crippen molar-refractivity contribution in [3.63, 3.8) is 0 Å². The zero-order valence-corrected chi connectivity index (χ0v) is 19.8. The monoisotopic (exact) mass is 487 g/mol. The van der Waals surface area contributed by atoms with Gasteiger partial charge in [-0.1, -0.05) is 54.2 Å². The van der Waals surface area contributed by atoms with E-state index in [2.05, 4.69) is 15.5 Å². The molecule has 0 aliphatic heterocycles. The SMILES string of the molecule is C/C(=N\NC(=O)CSc1nc2ccccc2c(=O)n1-c1ccccc1C)c1cccc([N+](=O)[O-])c1. The van der Waals surface area contributed by atoms with Gasteiger partial charge in [-0.2, -0.15) is 5.10 Å². The Kier molecular flexibility index (Phi) is 7.02. The molecule has 0 aliphatic carbocycles. The maximum Gasteiger partial charge on any atom is 0.270 e. The van der Waals surface area contributed by atoms with Crippen LogP contribution in [0.2, 0.25) is 0 Å². The van der Waals surface area contributed by atoms with Gasteiger partial charge in [0.1, 0.15) is 0 Å². The third kappa shape index (κ3) is 5.28. The Labute approximate surface area is 204 Å². The molecule has 9 nitrogen and oxygen atoms in total. The number of aromatic nitrogens is 2. The number of para-hydroxylation sites is 2. The molecule has 0 unspecified atom stereocenters. The highest BCUT2D eigenvalue weighted by atomic mass is 32.2. The number of hydrogen-bond donors (Lipinski definition) is 1. The van der Waals surface area contributed by atoms with E-state index in [1.54, 1.807) is 43.3 Å². The first-order chi connectivity index (χ1) is 16.8. The van der Waals surface area contributed by atoms with Crippen LogP contribution in [-0.4, -0.2) is 31.8 Å². The predicted molar refractivity (Wildman–Crippen MR) is 136 cm³/mol. The second kappa shape index (κ2) is 10.3. The first-order valence-electron chi connectivity index (χ1n) is 10.6. The number of rotatable bonds is 7. The van der Waals surface area contributed by atoms with E-state index in [9.17, 15) is 19.7 Å². The Morgan fingerprint density at radius 3 is 2.63 bits per heavy atom. The summed E-state index contributed by atoms with van der Waals surface area (Å²) in [7, 11) is 0. The molecular formula is C25H21N5O4S. The third-order valence-electron chi connectivity index (χ3n) is 5.26. The summed E-state index contributed by atoms with van der Waals surface area (Å²) in [6.07, 6.45) is 0. The van der Waals surface area contributed by atoms with Crippen molar-refractivity contribution in [2.45, 2.75) is 19.0 Å². The molecule has 3 aromatic carbocycles. The summed E-state index contributed by atoms with van der Waals surface area (Å²) in [6.45, 7) is 3.55. The fourth-order valence-corrected chi connectivity index (χ4v) is 4.25. The minimum Gasteiger partial charge on any atom is -0.272 e. The summed E-state index contributed by atoms with van der Waals surface area (Å²) in [5.41, 5.74) is 5.28. The van der Waals surface area contributed by atoms with Crippen LogP contribution in [0, 0.1) is 17.0 Å². The number of benzene rings is 3. The average Bonchev–Trinajstić information content (AvgIpc) is 2.87. The van der Waals surface area contributed by atoms with Crippen LogP contribution in [0.3, 0.4) is 0 Å². The minimum absolute atomic E-state index is 0.0393. The van der Waals surface area contributed by atoms with Crippen LogP contribution in [0.1, 0.15) is 18.1 Å². The normalized spacial score (nSPS) is 11.4. The van der Waals surface area contributed by atoms with E-state index < -0.39 is 10.8 Å². The largest absolute Gasteiger partial charge is 0.272 e. The fourth-order valence-electron chi connectivity index (χ4n) is 3.45. The van der Waals surface area contributed by atoms with Crippen molar-refractivity contribution in [3.05, 3.63) is 104 Å². The van der Waals surface area contributed by atoms with Gasteiger partial charge in [-0.3, -0.25) is 24.3 Å². The molecule has 0 saturated heterocycles. The first-order valence-corrected chi connectivity index (χ1v) is 11.6. The van der Waals surface area contributed by atoms with Gasteiger partial charge in [-0.05, 0) is 37.6 Å². The van der Waals surface area contributed by atoms with Crippen LogP contribution in [-0.2, 0) is 4.79 Å². The van der Waals surface area contributed by atoms with Gasteiger partial charge in [0.2, 0.25) is 0 Å². The topological polar surface area (TPSA) is 119 Å². The Hall–Kier alpha value is -4.31. The first kappa shape index (κ1) is 23.8. The molecular weight excluding hydrogens is 466 g/mol. The summed E-state index contributed by atoms with van der Waals surface area (Å²) < 4.78 is 1.52. The molecule has 1 heterocycles. The number of nitrogens with one attached hydrogen (secondary N) is 1. The molecule has 0 atom stereocenters. The van der Waals surface area contributed by atoms with Crippen molar-refractivity contribution in [1.82, 2.24) is 15.0 Å². The second-order valence-corrected chi connectivity index (χ2v) is 8.61. The number of carbonyl (C=O) groups excluding carboxylic acids is 1. The molecule has 0 bridgehead atoms. The van der Waals surface area contributed by atoms with E-state index in [4.69, 9.17) is 0 Å². The van der Waals surface area contributed by atoms with E-state index in [0.29, 0.717) is 33.0 Å². The lowest BCUT2D eigenvalue weighted by molar-refractivity contribution is -0.384. The van der Waals surface area contributed by atoms with Gasteiger partial charge < -0.3 is 0 Å². The predicted octanol–water partition coefficient (Wildman–Crippen LogP) is 4.23. The molecule has 0 fully saturated rings. The Morgan fingerprint density at radius 1 is 1.11 bits per heavy atom. The summed E-state index contributed by atoms with van der Waals surface area (Å²) >= 11 is 1.12. The van der Waals surface area contributed by atoms with Crippen molar-refractivity contribution >= 4 is 40.0 Å². The van der Waals surface area contributed by atoms with E-state index in [1.165, 1.54) is 16.7 Å². The van der Waals surface area contributed by atoms with Crippen LogP contribution in [0.15, 0.2) is 87.8 Å². The fraction of sp³-hybridized carbons (Fsp3) is 0.120. The molecule has 0 spiro atoms. The van der Waals surface area contributed by atoms with Crippen LogP contribution in [0.5, 0.6) is 0 Å². The minimum atomic E-state index is -0.490. The molecule has 4 aromatic rings. The van der Waals surface area contributed by atoms with Crippen molar-refractivity contribution < 1.29 is 9.72 Å². The smallest absolute Gasteiger partial charge is 0.270 e. The number of thioether (sulfide) groups is 1. The molecule has 4 rings (SSSR count). The van der Waals surface area contributed by atoms with Crippen molar-refractivity contribution in [1.29, 1.82) is 0 Å². The summed E-state index contributed by atoms with van der Waals surface area (Å²) in [6, 6.07) is 20.6. The molecule has 0 radical (unpaired) electrons. The van der Waals surface area contributed by atoms with Gasteiger partial charge in [0, 0.05) is 17.7 Å². The summed E-state index contributed by atoms with van der Waals surface area (Å²) in [4.78, 5) is 41.0. The maximum atomic E-state index is 13.3. The molecule has 1 aromatic heterocycles. The molecule has 1 amide bonds. The van der Waals surface area contributed by atoms with Crippen molar-refractivity contribution in [2.24, 2.45) is 5.10 Å². The van der Waals surface area contributed by atoms with Crippen molar-refractivity contribution in [2.75, 3.05) is 5.75 Å². The average molecular weight is 488 g/mol. The van der Waals surface area contributed by atoms with Gasteiger partial charge in [0.15, 0.2) is 5.16 Å². The number of non-ortho nitro benzene ring substituents is 1. The molecule has 1 N–H and O–H groups in total. The highest BCUT2D eigenvalue weighted by Crippen LogP contribution is 2.23. The maximum absolute atomic E-state index is 13.3. The van der Waals surface area contributed by atoms with E-state index in [0.717, 1.165) is 17.3 Å². The summed E-state index contributed by atoms with van der Waals surface area (Å²) in [5.74, 6) is -0.443. The van der Waals surface area contributed by atoms with E-state index in [-0.39, 0.29) is 17.0 Å². The van der Waals surface area contributed by atoms with Gasteiger partial charge in [-0.25, -0.2) is 10.4 Å². The quantitative estimate of drug-likeness (QED) is 0.137. The van der Waals surface area contributed by atoms with Crippen LogP contribution >= 0.6 is 11.8 Å². The Bertz CT molecular complexity index is 1530. The van der Waals surface area contributed by atoms with Crippen LogP contribution in [0.4, 0.5) is 5.69 Å². The third-order valence-corrected chi connectivity index (χ3v) is 6.20. The van der Waals surface area contributed by atoms with Crippen LogP contribution in [0.25, 0.3) is 16.6 Å². The zero-order chi connectivity index (χ0) is 24.9. The highest BCUT2D eigenvalue weighted by molar-refractivity contribution is 7.99. The molecule has 176 valence electrons. The Balaban J connectivity index is 1.58. The van der Waals surface area contributed by atoms with Crippen molar-refractivity contribution in [3.8, 4) is 5.69 Å². The lowest BCUT2D eigenvalue weighted by Crippen LogP contribution is -2.25. The number of hydrogen-bond acceptors (Lipinski definition) is 7. The molecule has 0 aliphatic rings. The van der Waals surface area contributed by atoms with E-state index >= 15 is 0 Å². The zero-order valence-electron chi connectivity index (χ0n) is 19.0. The highest BCUT2D eigenvalue weighted by Gasteiger charge is 2.16. The number of aryl methyl sites for hydroxylation is 1. The number of nitro groups is 1. The Morgan fingerprint density at radius 2 is 1.86 bits per heavy atom. The number of carbonyl (C=O) groups is 1. The molecule has 0 saturated carbocycles. The molecule has 10 heteroatoms. The number of nitro benzene ring substituents is 1. The van der Waals surface area contributed by atoms with Gasteiger partial charge in [0.25, 0.3) is 17.2 Å². The summed E-state index contributed by atoms with van der Waals surface area (Å²) in [5, 5.41) is 15.9. The van der Waals surface area contributed by atoms with E-state index in [1.807, 2.05) is 31.2 Å². The second-order valence-electron chi connectivity index (χ2n) is 7.67. The standard InChI is InChI=1S/C25H21N5O4S/c1-16-8-3-6-13-22(16)29-24(32)20-11-4-5-12-21(20)26-25(29)35-15-23(31)28-27-17(2)18-9-7-10-19(14-18)30(33)34/h3-14H,15H2,1-2H3,(H,28,31)/b27-17+. The van der Waals surface area contributed by atoms with Crippen LogP contribution < -0.4 is 11.0 Å². The molecule has 35 heavy (non-hydrogen) atoms. The number of nitrogens with zero attached hydrogens (tertiary/aromatic N) is 4. The lowest BCUT2D eigenvalue weighted by Gasteiger charge is -2.14.